The first kappa shape index (κ1) is 16.7. The summed E-state index contributed by atoms with van der Waals surface area (Å²) in [5.41, 5.74) is 2.93. The molecule has 3 aromatic rings. The van der Waals surface area contributed by atoms with E-state index in [1.807, 2.05) is 62.4 Å². The van der Waals surface area contributed by atoms with Gasteiger partial charge in [0.2, 0.25) is 0 Å². The first-order valence-corrected chi connectivity index (χ1v) is 8.06. The van der Waals surface area contributed by atoms with Crippen LogP contribution in [0.4, 0.5) is 0 Å². The number of carbonyl (C=O) groups excluding carboxylic acids is 1. The van der Waals surface area contributed by atoms with Gasteiger partial charge in [0.1, 0.15) is 18.4 Å². The van der Waals surface area contributed by atoms with Crippen LogP contribution in [0.15, 0.2) is 61.2 Å². The average Bonchev–Trinajstić information content (AvgIpc) is 3.16. The predicted octanol–water partition coefficient (Wildman–Crippen LogP) is 2.83. The molecule has 0 aliphatic rings. The van der Waals surface area contributed by atoms with Crippen molar-refractivity contribution in [3.8, 4) is 11.4 Å². The Morgan fingerprint density at radius 2 is 1.96 bits per heavy atom. The fraction of sp³-hybridized carbons (Fsp3) is 0.211. The number of ether oxygens (including phenoxy) is 1. The van der Waals surface area contributed by atoms with E-state index in [2.05, 4.69) is 15.4 Å². The highest BCUT2D eigenvalue weighted by atomic mass is 16.5. The van der Waals surface area contributed by atoms with Crippen LogP contribution in [-0.2, 0) is 4.79 Å². The molecule has 6 heteroatoms. The van der Waals surface area contributed by atoms with E-state index in [-0.39, 0.29) is 18.6 Å². The van der Waals surface area contributed by atoms with Crippen molar-refractivity contribution in [3.63, 3.8) is 0 Å². The molecule has 0 aliphatic carbocycles. The number of nitrogens with zero attached hydrogens (tertiary/aromatic N) is 3. The molecule has 0 saturated heterocycles. The van der Waals surface area contributed by atoms with Crippen molar-refractivity contribution in [2.45, 2.75) is 19.9 Å². The average molecular weight is 336 g/mol. The SMILES string of the molecule is Cc1ccccc1OCC(=O)NC(C)c1ccc(-n2cncn2)cc1. The number of para-hydroxylation sites is 1. The topological polar surface area (TPSA) is 69.0 Å². The van der Waals surface area contributed by atoms with Gasteiger partial charge < -0.3 is 10.1 Å². The van der Waals surface area contributed by atoms with E-state index >= 15 is 0 Å². The molecule has 0 radical (unpaired) electrons. The molecule has 0 aliphatic heterocycles. The lowest BCUT2D eigenvalue weighted by molar-refractivity contribution is -0.123. The standard InChI is InChI=1S/C19H20N4O2/c1-14-5-3-4-6-18(14)25-11-19(24)22-15(2)16-7-9-17(10-8-16)23-13-20-12-21-23/h3-10,12-13,15H,11H2,1-2H3,(H,22,24). The van der Waals surface area contributed by atoms with Gasteiger partial charge in [0.05, 0.1) is 11.7 Å². The second-order valence-corrected chi connectivity index (χ2v) is 5.77. The number of aryl methyl sites for hydroxylation is 1. The van der Waals surface area contributed by atoms with Crippen molar-refractivity contribution >= 4 is 5.91 Å². The summed E-state index contributed by atoms with van der Waals surface area (Å²) in [4.78, 5) is 16.0. The van der Waals surface area contributed by atoms with Crippen LogP contribution in [0.2, 0.25) is 0 Å². The van der Waals surface area contributed by atoms with Crippen molar-refractivity contribution in [2.24, 2.45) is 0 Å². The van der Waals surface area contributed by atoms with Gasteiger partial charge in [-0.3, -0.25) is 4.79 Å². The summed E-state index contributed by atoms with van der Waals surface area (Å²) in [5.74, 6) is 0.568. The lowest BCUT2D eigenvalue weighted by atomic mass is 10.1. The molecular weight excluding hydrogens is 316 g/mol. The van der Waals surface area contributed by atoms with Crippen LogP contribution >= 0.6 is 0 Å². The third-order valence-electron chi connectivity index (χ3n) is 3.91. The van der Waals surface area contributed by atoms with Crippen molar-refractivity contribution in [1.82, 2.24) is 20.1 Å². The molecular formula is C19H20N4O2. The summed E-state index contributed by atoms with van der Waals surface area (Å²) in [7, 11) is 0. The van der Waals surface area contributed by atoms with E-state index in [9.17, 15) is 4.79 Å². The zero-order valence-corrected chi connectivity index (χ0v) is 14.2. The van der Waals surface area contributed by atoms with E-state index in [1.165, 1.54) is 6.33 Å². The van der Waals surface area contributed by atoms with Gasteiger partial charge in [0, 0.05) is 0 Å². The first-order valence-electron chi connectivity index (χ1n) is 8.06. The van der Waals surface area contributed by atoms with Crippen LogP contribution in [0.3, 0.4) is 0 Å². The van der Waals surface area contributed by atoms with Crippen LogP contribution in [0, 0.1) is 6.92 Å². The maximum Gasteiger partial charge on any atom is 0.258 e. The molecule has 0 fully saturated rings. The minimum atomic E-state index is -0.156. The van der Waals surface area contributed by atoms with Crippen LogP contribution < -0.4 is 10.1 Å². The lowest BCUT2D eigenvalue weighted by Gasteiger charge is -2.15. The number of rotatable bonds is 6. The molecule has 1 atom stereocenters. The molecule has 1 amide bonds. The van der Waals surface area contributed by atoms with Crippen molar-refractivity contribution < 1.29 is 9.53 Å². The Morgan fingerprint density at radius 3 is 2.64 bits per heavy atom. The zero-order valence-electron chi connectivity index (χ0n) is 14.2. The molecule has 6 nitrogen and oxygen atoms in total. The van der Waals surface area contributed by atoms with Crippen molar-refractivity contribution in [1.29, 1.82) is 0 Å². The number of benzene rings is 2. The molecule has 1 aromatic heterocycles. The van der Waals surface area contributed by atoms with E-state index < -0.39 is 0 Å². The number of nitrogens with one attached hydrogen (secondary N) is 1. The molecule has 1 heterocycles. The normalized spacial score (nSPS) is 11.8. The smallest absolute Gasteiger partial charge is 0.258 e. The number of aromatic nitrogens is 3. The number of carbonyl (C=O) groups is 1. The van der Waals surface area contributed by atoms with Gasteiger partial charge in [-0.25, -0.2) is 9.67 Å². The predicted molar refractivity (Wildman–Crippen MR) is 94.6 cm³/mol. The summed E-state index contributed by atoms with van der Waals surface area (Å²) >= 11 is 0. The zero-order chi connectivity index (χ0) is 17.6. The molecule has 0 bridgehead atoms. The Morgan fingerprint density at radius 1 is 1.20 bits per heavy atom. The second-order valence-electron chi connectivity index (χ2n) is 5.77. The molecule has 3 rings (SSSR count). The summed E-state index contributed by atoms with van der Waals surface area (Å²) in [6, 6.07) is 15.3. The minimum Gasteiger partial charge on any atom is -0.484 e. The molecule has 128 valence electrons. The largest absolute Gasteiger partial charge is 0.484 e. The van der Waals surface area contributed by atoms with Gasteiger partial charge in [-0.05, 0) is 43.2 Å². The van der Waals surface area contributed by atoms with Crippen molar-refractivity contribution in [2.75, 3.05) is 6.61 Å². The summed E-state index contributed by atoms with van der Waals surface area (Å²) < 4.78 is 7.26. The molecule has 0 saturated carbocycles. The third-order valence-corrected chi connectivity index (χ3v) is 3.91. The van der Waals surface area contributed by atoms with Gasteiger partial charge in [-0.2, -0.15) is 5.10 Å². The summed E-state index contributed by atoms with van der Waals surface area (Å²) in [5, 5.41) is 7.03. The Hall–Kier alpha value is -3.15. The second kappa shape index (κ2) is 7.61. The fourth-order valence-electron chi connectivity index (χ4n) is 2.49. The Bertz CT molecular complexity index is 829. The van der Waals surface area contributed by atoms with Gasteiger partial charge in [0.15, 0.2) is 6.61 Å². The van der Waals surface area contributed by atoms with E-state index in [0.29, 0.717) is 0 Å². The Kier molecular flexibility index (Phi) is 5.09. The van der Waals surface area contributed by atoms with Gasteiger partial charge in [-0.15, -0.1) is 0 Å². The molecule has 0 spiro atoms. The molecule has 25 heavy (non-hydrogen) atoms. The van der Waals surface area contributed by atoms with Crippen LogP contribution in [0.5, 0.6) is 5.75 Å². The van der Waals surface area contributed by atoms with Crippen LogP contribution in [-0.4, -0.2) is 27.3 Å². The minimum absolute atomic E-state index is 0.00770. The van der Waals surface area contributed by atoms with Gasteiger partial charge in [0.25, 0.3) is 5.91 Å². The fourth-order valence-corrected chi connectivity index (χ4v) is 2.49. The van der Waals surface area contributed by atoms with E-state index in [0.717, 1.165) is 22.6 Å². The van der Waals surface area contributed by atoms with Gasteiger partial charge >= 0.3 is 0 Å². The summed E-state index contributed by atoms with van der Waals surface area (Å²) in [6.45, 7) is 3.88. The lowest BCUT2D eigenvalue weighted by Crippen LogP contribution is -2.31. The van der Waals surface area contributed by atoms with E-state index in [4.69, 9.17) is 4.74 Å². The monoisotopic (exact) mass is 336 g/mol. The quantitative estimate of drug-likeness (QED) is 0.751. The third kappa shape index (κ3) is 4.23. The highest BCUT2D eigenvalue weighted by Crippen LogP contribution is 2.17. The Labute approximate surface area is 146 Å². The number of hydrogen-bond donors (Lipinski definition) is 1. The highest BCUT2D eigenvalue weighted by molar-refractivity contribution is 5.78. The Balaban J connectivity index is 1.55. The molecule has 1 unspecified atom stereocenters. The summed E-state index contributed by atoms with van der Waals surface area (Å²) in [6.07, 6.45) is 3.13. The number of amides is 1. The molecule has 2 aromatic carbocycles. The van der Waals surface area contributed by atoms with E-state index in [1.54, 1.807) is 11.0 Å². The number of hydrogen-bond acceptors (Lipinski definition) is 4. The highest BCUT2D eigenvalue weighted by Gasteiger charge is 2.11. The maximum absolute atomic E-state index is 12.1. The maximum atomic E-state index is 12.1. The first-order chi connectivity index (χ1) is 12.1. The van der Waals surface area contributed by atoms with Crippen LogP contribution in [0.25, 0.3) is 5.69 Å². The van der Waals surface area contributed by atoms with Crippen LogP contribution in [0.1, 0.15) is 24.1 Å². The van der Waals surface area contributed by atoms with Gasteiger partial charge in [-0.1, -0.05) is 30.3 Å². The van der Waals surface area contributed by atoms with Crippen molar-refractivity contribution in [3.05, 3.63) is 72.3 Å². The molecule has 1 N–H and O–H groups in total.